The summed E-state index contributed by atoms with van der Waals surface area (Å²) in [4.78, 5) is 29.8. The number of methoxy groups -OCH3 is 2. The minimum Gasteiger partial charge on any atom is -0.497 e. The van der Waals surface area contributed by atoms with E-state index in [1.54, 1.807) is 66.5 Å². The van der Waals surface area contributed by atoms with Gasteiger partial charge in [-0.1, -0.05) is 12.1 Å². The molecular weight excluding hydrogens is 476 g/mol. The van der Waals surface area contributed by atoms with Crippen molar-refractivity contribution in [3.63, 3.8) is 0 Å². The Hall–Kier alpha value is -4.16. The molecule has 2 heterocycles. The second-order valence-corrected chi connectivity index (χ2v) is 9.68. The van der Waals surface area contributed by atoms with Crippen LogP contribution >= 0.6 is 11.8 Å². The van der Waals surface area contributed by atoms with Crippen molar-refractivity contribution in [2.24, 2.45) is 0 Å². The molecule has 1 atom stereocenters. The van der Waals surface area contributed by atoms with Crippen molar-refractivity contribution >= 4 is 35.1 Å². The smallest absolute Gasteiger partial charge is 0.323 e. The van der Waals surface area contributed by atoms with Crippen LogP contribution < -0.4 is 19.7 Å². The molecular formula is C27H24N4O4S. The quantitative estimate of drug-likeness (QED) is 0.552. The molecule has 3 aromatic rings. The summed E-state index contributed by atoms with van der Waals surface area (Å²) in [6, 6.07) is 21.5. The van der Waals surface area contributed by atoms with Gasteiger partial charge in [0.15, 0.2) is 4.87 Å². The Kier molecular flexibility index (Phi) is 6.20. The van der Waals surface area contributed by atoms with Crippen LogP contribution in [0.15, 0.2) is 66.7 Å². The number of anilines is 2. The average molecular weight is 501 g/mol. The minimum atomic E-state index is -1.22. The lowest BCUT2D eigenvalue weighted by Gasteiger charge is -2.33. The predicted molar refractivity (Wildman–Crippen MR) is 138 cm³/mol. The molecule has 0 radical (unpaired) electrons. The van der Waals surface area contributed by atoms with Gasteiger partial charge in [-0.15, -0.1) is 11.8 Å². The predicted octanol–water partition coefficient (Wildman–Crippen LogP) is 4.56. The highest BCUT2D eigenvalue weighted by molar-refractivity contribution is 8.01. The summed E-state index contributed by atoms with van der Waals surface area (Å²) in [5.74, 6) is 1.71. The zero-order valence-corrected chi connectivity index (χ0v) is 20.7. The van der Waals surface area contributed by atoms with Gasteiger partial charge in [-0.2, -0.15) is 5.26 Å². The number of nitriles is 1. The summed E-state index contributed by atoms with van der Waals surface area (Å²) < 4.78 is 10.7. The highest BCUT2D eigenvalue weighted by Gasteiger charge is 2.59. The largest absolute Gasteiger partial charge is 0.497 e. The number of rotatable bonds is 5. The Balaban J connectivity index is 1.52. The molecule has 3 aromatic carbocycles. The number of hydrogen-bond acceptors (Lipinski definition) is 6. The van der Waals surface area contributed by atoms with Crippen molar-refractivity contribution < 1.29 is 19.1 Å². The monoisotopic (exact) mass is 500 g/mol. The highest BCUT2D eigenvalue weighted by Crippen LogP contribution is 2.55. The van der Waals surface area contributed by atoms with Gasteiger partial charge in [-0.05, 0) is 60.2 Å². The number of benzene rings is 3. The molecule has 3 amide bonds. The van der Waals surface area contributed by atoms with Crippen LogP contribution in [-0.2, 0) is 16.2 Å². The number of urea groups is 1. The normalized spacial score (nSPS) is 18.2. The molecule has 5 rings (SSSR count). The number of thioether (sulfide) groups is 1. The lowest BCUT2D eigenvalue weighted by molar-refractivity contribution is -0.123. The van der Waals surface area contributed by atoms with Crippen molar-refractivity contribution in [3.05, 3.63) is 83.4 Å². The number of amides is 3. The Morgan fingerprint density at radius 3 is 2.56 bits per heavy atom. The van der Waals surface area contributed by atoms with E-state index in [-0.39, 0.29) is 18.5 Å². The molecule has 182 valence electrons. The van der Waals surface area contributed by atoms with Crippen LogP contribution in [0.1, 0.15) is 16.7 Å². The molecule has 0 bridgehead atoms. The van der Waals surface area contributed by atoms with E-state index >= 15 is 0 Å². The van der Waals surface area contributed by atoms with Crippen LogP contribution in [0.4, 0.5) is 16.2 Å². The van der Waals surface area contributed by atoms with Crippen LogP contribution in [0.3, 0.4) is 0 Å². The fourth-order valence-corrected chi connectivity index (χ4v) is 6.12. The zero-order chi connectivity index (χ0) is 25.3. The molecule has 1 spiro atoms. The molecule has 0 aromatic heterocycles. The minimum absolute atomic E-state index is 0.194. The van der Waals surface area contributed by atoms with Gasteiger partial charge >= 0.3 is 6.03 Å². The van der Waals surface area contributed by atoms with Crippen molar-refractivity contribution in [1.82, 2.24) is 4.90 Å². The van der Waals surface area contributed by atoms with Crippen molar-refractivity contribution in [2.45, 2.75) is 11.4 Å². The first-order valence-corrected chi connectivity index (χ1v) is 12.3. The second kappa shape index (κ2) is 9.47. The molecule has 0 aliphatic carbocycles. The van der Waals surface area contributed by atoms with Gasteiger partial charge in [-0.25, -0.2) is 4.79 Å². The van der Waals surface area contributed by atoms with Crippen LogP contribution in [0.2, 0.25) is 0 Å². The first-order valence-electron chi connectivity index (χ1n) is 11.4. The summed E-state index contributed by atoms with van der Waals surface area (Å²) in [6.45, 7) is 0.691. The Bertz CT molecular complexity index is 1370. The van der Waals surface area contributed by atoms with E-state index in [1.165, 1.54) is 11.8 Å². The van der Waals surface area contributed by atoms with Crippen LogP contribution in [0.5, 0.6) is 11.5 Å². The van der Waals surface area contributed by atoms with E-state index in [9.17, 15) is 14.9 Å². The molecule has 1 fully saturated rings. The van der Waals surface area contributed by atoms with Gasteiger partial charge in [0.05, 0.1) is 38.1 Å². The first-order chi connectivity index (χ1) is 17.5. The van der Waals surface area contributed by atoms with E-state index in [4.69, 9.17) is 9.47 Å². The van der Waals surface area contributed by atoms with Gasteiger partial charge in [-0.3, -0.25) is 9.69 Å². The van der Waals surface area contributed by atoms with Gasteiger partial charge in [0.2, 0.25) is 0 Å². The number of nitrogens with zero attached hydrogens (tertiary/aromatic N) is 3. The molecule has 2 aliphatic rings. The van der Waals surface area contributed by atoms with E-state index < -0.39 is 4.87 Å². The third-order valence-electron chi connectivity index (χ3n) is 6.38. The SMILES string of the molecule is COc1ccc(NC(=O)N2CCS[C@]23C(=O)N(Cc2cccc(C#N)c2)c2ccc(OC)cc23)cc1. The molecule has 1 saturated heterocycles. The molecule has 0 unspecified atom stereocenters. The number of carbonyl (C=O) groups excluding carboxylic acids is 2. The summed E-state index contributed by atoms with van der Waals surface area (Å²) in [7, 11) is 3.16. The van der Waals surface area contributed by atoms with Crippen molar-refractivity contribution in [2.75, 3.05) is 36.7 Å². The number of hydrogen-bond donors (Lipinski definition) is 1. The molecule has 8 nitrogen and oxygen atoms in total. The first kappa shape index (κ1) is 23.6. The standard InChI is InChI=1S/C27H24N4O4S/c1-34-21-8-6-20(7-9-21)29-26(33)31-12-13-36-27(31)23-15-22(35-2)10-11-24(23)30(25(27)32)17-19-5-3-4-18(14-19)16-28/h3-11,14-15H,12-13,17H2,1-2H3,(H,29,33)/t27-/m1/s1. The molecule has 36 heavy (non-hydrogen) atoms. The summed E-state index contributed by atoms with van der Waals surface area (Å²) in [6.07, 6.45) is 0. The Morgan fingerprint density at radius 2 is 1.83 bits per heavy atom. The van der Waals surface area contributed by atoms with E-state index in [0.717, 1.165) is 16.8 Å². The topological polar surface area (TPSA) is 94.9 Å². The zero-order valence-electron chi connectivity index (χ0n) is 19.9. The Morgan fingerprint density at radius 1 is 1.08 bits per heavy atom. The lowest BCUT2D eigenvalue weighted by atomic mass is 10.1. The molecule has 9 heteroatoms. The van der Waals surface area contributed by atoms with Gasteiger partial charge in [0.1, 0.15) is 11.5 Å². The Labute approximate surface area is 213 Å². The van der Waals surface area contributed by atoms with E-state index in [1.807, 2.05) is 24.3 Å². The number of nitrogens with one attached hydrogen (secondary N) is 1. The third-order valence-corrected chi connectivity index (χ3v) is 7.80. The van der Waals surface area contributed by atoms with Gasteiger partial charge in [0.25, 0.3) is 5.91 Å². The van der Waals surface area contributed by atoms with Crippen LogP contribution in [0.25, 0.3) is 0 Å². The van der Waals surface area contributed by atoms with Crippen LogP contribution in [-0.4, -0.2) is 43.4 Å². The lowest BCUT2D eigenvalue weighted by Crippen LogP contribution is -2.51. The molecule has 2 aliphatic heterocycles. The third kappa shape index (κ3) is 3.89. The second-order valence-electron chi connectivity index (χ2n) is 8.39. The maximum Gasteiger partial charge on any atom is 0.323 e. The highest BCUT2D eigenvalue weighted by atomic mass is 32.2. The van der Waals surface area contributed by atoms with E-state index in [0.29, 0.717) is 35.0 Å². The van der Waals surface area contributed by atoms with Crippen LogP contribution in [0, 0.1) is 11.3 Å². The molecule has 0 saturated carbocycles. The number of carbonyl (C=O) groups is 2. The fraction of sp³-hybridized carbons (Fsp3) is 0.222. The summed E-state index contributed by atoms with van der Waals surface area (Å²) >= 11 is 1.44. The van der Waals surface area contributed by atoms with Gasteiger partial charge < -0.3 is 19.7 Å². The maximum atomic E-state index is 14.2. The van der Waals surface area contributed by atoms with E-state index in [2.05, 4.69) is 11.4 Å². The fourth-order valence-electron chi connectivity index (χ4n) is 4.67. The molecule has 1 N–H and O–H groups in total. The van der Waals surface area contributed by atoms with Crippen molar-refractivity contribution in [3.8, 4) is 17.6 Å². The van der Waals surface area contributed by atoms with Crippen molar-refractivity contribution in [1.29, 1.82) is 5.26 Å². The maximum absolute atomic E-state index is 14.2. The number of fused-ring (bicyclic) bond motifs is 2. The summed E-state index contributed by atoms with van der Waals surface area (Å²) in [5.41, 5.74) is 3.41. The summed E-state index contributed by atoms with van der Waals surface area (Å²) in [5, 5.41) is 12.2. The average Bonchev–Trinajstić information content (AvgIpc) is 3.46. The van der Waals surface area contributed by atoms with Gasteiger partial charge in [0, 0.05) is 23.5 Å². The number of ether oxygens (including phenoxy) is 2.